The molecule has 15 heteroatoms. The topological polar surface area (TPSA) is 111 Å². The van der Waals surface area contributed by atoms with Crippen LogP contribution in [0.1, 0.15) is 40.0 Å². The van der Waals surface area contributed by atoms with Crippen LogP contribution in [-0.2, 0) is 12.4 Å². The van der Waals surface area contributed by atoms with Crippen LogP contribution in [0.25, 0.3) is 88.9 Å². The molecule has 0 atom stereocenters. The number of aryl methyl sites for hydroxylation is 4. The molecule has 0 amide bonds. The lowest BCUT2D eigenvalue weighted by Gasteiger charge is -2.22. The number of rotatable bonds is 5. The summed E-state index contributed by atoms with van der Waals surface area (Å²) in [6.07, 6.45) is -10.3. The summed E-state index contributed by atoms with van der Waals surface area (Å²) < 4.78 is 91.7. The fourth-order valence-electron chi connectivity index (χ4n) is 8.67. The summed E-state index contributed by atoms with van der Waals surface area (Å²) in [5.41, 5.74) is 0.647. The molecule has 6 aromatic carbocycles. The third-order valence-corrected chi connectivity index (χ3v) is 11.2. The van der Waals surface area contributed by atoms with E-state index >= 15 is 13.2 Å². The molecule has 0 fully saturated rings. The van der Waals surface area contributed by atoms with Gasteiger partial charge in [-0.3, -0.25) is 0 Å². The maximum Gasteiger partial charge on any atom is 0.417 e. The van der Waals surface area contributed by atoms with Gasteiger partial charge in [0.25, 0.3) is 0 Å². The van der Waals surface area contributed by atoms with Crippen LogP contribution in [-0.4, -0.2) is 39.0 Å². The number of alkyl halides is 6. The van der Waals surface area contributed by atoms with Gasteiger partial charge in [0.2, 0.25) is 0 Å². The van der Waals surface area contributed by atoms with Crippen molar-refractivity contribution in [3.05, 3.63) is 155 Å². The van der Waals surface area contributed by atoms with Crippen molar-refractivity contribution in [2.45, 2.75) is 40.0 Å². The first-order valence-electron chi connectivity index (χ1n) is 19.9. The lowest BCUT2D eigenvalue weighted by molar-refractivity contribution is -0.142. The molecule has 0 radical (unpaired) electrons. The Balaban J connectivity index is 1.30. The quantitative estimate of drug-likeness (QED) is 0.158. The molecule has 4 heterocycles. The summed E-state index contributed by atoms with van der Waals surface area (Å²) in [6, 6.07) is 32.6. The Morgan fingerprint density at radius 1 is 0.453 bits per heavy atom. The van der Waals surface area contributed by atoms with E-state index < -0.39 is 29.0 Å². The zero-order valence-corrected chi connectivity index (χ0v) is 34.3. The van der Waals surface area contributed by atoms with Crippen molar-refractivity contribution >= 4 is 43.6 Å². The number of nitriles is 1. The van der Waals surface area contributed by atoms with Crippen LogP contribution in [0.2, 0.25) is 0 Å². The third kappa shape index (κ3) is 6.66. The van der Waals surface area contributed by atoms with E-state index in [1.165, 1.54) is 12.1 Å². The first kappa shape index (κ1) is 40.1. The SMILES string of the molecule is Cc1nc(C)nc(-c2ccc3c(c2)c2ccccc2n3-c2cc(-c3ccc(C(F)(F)F)cc3C(F)(F)F)c(-n3c4ccccc4c4cc(-c5nc(C)nc(C)n5)ccc43)cc2C#N)n1. The van der Waals surface area contributed by atoms with Crippen LogP contribution >= 0.6 is 0 Å². The smallest absolute Gasteiger partial charge is 0.309 e. The van der Waals surface area contributed by atoms with Gasteiger partial charge in [0, 0.05) is 38.2 Å². The Kier molecular flexibility index (Phi) is 9.12. The number of hydrogen-bond acceptors (Lipinski definition) is 7. The van der Waals surface area contributed by atoms with Crippen LogP contribution in [0.3, 0.4) is 0 Å². The van der Waals surface area contributed by atoms with Crippen LogP contribution in [0.4, 0.5) is 26.3 Å². The second kappa shape index (κ2) is 14.6. The zero-order chi connectivity index (χ0) is 44.8. The van der Waals surface area contributed by atoms with E-state index in [-0.39, 0.29) is 28.6 Å². The highest BCUT2D eigenvalue weighted by molar-refractivity contribution is 6.12. The number of nitrogens with zero attached hydrogens (tertiary/aromatic N) is 9. The van der Waals surface area contributed by atoms with Gasteiger partial charge in [-0.05, 0) is 106 Å². The minimum absolute atomic E-state index is 0.0656. The molecular weight excluding hydrogens is 829 g/mol. The predicted octanol–water partition coefficient (Wildman–Crippen LogP) is 12.4. The summed E-state index contributed by atoms with van der Waals surface area (Å²) in [5.74, 6) is 2.99. The maximum absolute atomic E-state index is 15.2. The number of fused-ring (bicyclic) bond motifs is 6. The molecule has 0 aliphatic rings. The number of halogens is 6. The van der Waals surface area contributed by atoms with Crippen LogP contribution in [0.5, 0.6) is 0 Å². The van der Waals surface area contributed by atoms with Crippen molar-refractivity contribution in [1.29, 1.82) is 5.26 Å². The Labute approximate surface area is 360 Å². The minimum Gasteiger partial charge on any atom is -0.309 e. The van der Waals surface area contributed by atoms with Gasteiger partial charge in [0.15, 0.2) is 11.6 Å². The molecule has 0 saturated heterocycles. The molecule has 0 aliphatic heterocycles. The van der Waals surface area contributed by atoms with Gasteiger partial charge in [0.1, 0.15) is 29.4 Å². The number of aromatic nitrogens is 8. The fourth-order valence-corrected chi connectivity index (χ4v) is 8.67. The molecule has 0 N–H and O–H groups in total. The van der Waals surface area contributed by atoms with Gasteiger partial charge in [-0.2, -0.15) is 31.6 Å². The van der Waals surface area contributed by atoms with Crippen LogP contribution in [0.15, 0.2) is 115 Å². The molecule has 314 valence electrons. The summed E-state index contributed by atoms with van der Waals surface area (Å²) in [6.45, 7) is 7.05. The van der Waals surface area contributed by atoms with E-state index in [9.17, 15) is 18.4 Å². The normalized spacial score (nSPS) is 12.2. The molecule has 64 heavy (non-hydrogen) atoms. The summed E-state index contributed by atoms with van der Waals surface area (Å²) in [7, 11) is 0. The molecular formula is C49H31F6N9. The van der Waals surface area contributed by atoms with E-state index in [4.69, 9.17) is 0 Å². The third-order valence-electron chi connectivity index (χ3n) is 11.2. The fraction of sp³-hybridized carbons (Fsp3) is 0.122. The number of benzene rings is 6. The number of para-hydroxylation sites is 2. The van der Waals surface area contributed by atoms with Gasteiger partial charge in [-0.15, -0.1) is 0 Å². The lowest BCUT2D eigenvalue weighted by atomic mass is 9.93. The largest absolute Gasteiger partial charge is 0.417 e. The van der Waals surface area contributed by atoms with Crippen molar-refractivity contribution in [3.63, 3.8) is 0 Å². The van der Waals surface area contributed by atoms with Crippen molar-refractivity contribution in [3.8, 4) is 51.3 Å². The lowest BCUT2D eigenvalue weighted by Crippen LogP contribution is -2.13. The minimum atomic E-state index is -5.21. The van der Waals surface area contributed by atoms with Gasteiger partial charge in [-0.25, -0.2) is 29.9 Å². The average Bonchev–Trinajstić information content (AvgIpc) is 3.76. The van der Waals surface area contributed by atoms with Crippen LogP contribution in [0, 0.1) is 39.0 Å². The van der Waals surface area contributed by atoms with E-state index in [1.807, 2.05) is 60.7 Å². The first-order chi connectivity index (χ1) is 30.6. The van der Waals surface area contributed by atoms with Crippen LogP contribution < -0.4 is 0 Å². The summed E-state index contributed by atoms with van der Waals surface area (Å²) >= 11 is 0. The van der Waals surface area contributed by atoms with Crippen molar-refractivity contribution < 1.29 is 26.3 Å². The highest BCUT2D eigenvalue weighted by Crippen LogP contribution is 2.46. The van der Waals surface area contributed by atoms with Crippen molar-refractivity contribution in [2.24, 2.45) is 0 Å². The molecule has 0 aliphatic carbocycles. The molecule has 0 bridgehead atoms. The molecule has 0 saturated carbocycles. The molecule has 0 unspecified atom stereocenters. The predicted molar refractivity (Wildman–Crippen MR) is 232 cm³/mol. The average molecular weight is 860 g/mol. The number of hydrogen-bond donors (Lipinski definition) is 0. The zero-order valence-electron chi connectivity index (χ0n) is 34.3. The second-order valence-electron chi connectivity index (χ2n) is 15.4. The highest BCUT2D eigenvalue weighted by atomic mass is 19.4. The molecule has 10 aromatic rings. The van der Waals surface area contributed by atoms with Gasteiger partial charge < -0.3 is 9.13 Å². The monoisotopic (exact) mass is 859 g/mol. The van der Waals surface area contributed by atoms with Gasteiger partial charge in [-0.1, -0.05) is 42.5 Å². The maximum atomic E-state index is 15.2. The van der Waals surface area contributed by atoms with E-state index in [2.05, 4.69) is 36.0 Å². The first-order valence-corrected chi connectivity index (χ1v) is 19.9. The molecule has 0 spiro atoms. The summed E-state index contributed by atoms with van der Waals surface area (Å²) in [5, 5.41) is 13.9. The summed E-state index contributed by atoms with van der Waals surface area (Å²) in [4.78, 5) is 26.7. The van der Waals surface area contributed by atoms with E-state index in [0.717, 1.165) is 22.2 Å². The Morgan fingerprint density at radius 3 is 1.39 bits per heavy atom. The van der Waals surface area contributed by atoms with Gasteiger partial charge >= 0.3 is 12.4 Å². The second-order valence-corrected chi connectivity index (χ2v) is 15.4. The molecule has 10 rings (SSSR count). The molecule has 9 nitrogen and oxygen atoms in total. The Hall–Kier alpha value is -7.99. The Bertz CT molecular complexity index is 3570. The van der Waals surface area contributed by atoms with Crippen molar-refractivity contribution in [1.82, 2.24) is 39.0 Å². The van der Waals surface area contributed by atoms with E-state index in [1.54, 1.807) is 61.1 Å². The van der Waals surface area contributed by atoms with Gasteiger partial charge in [0.05, 0.1) is 50.1 Å². The highest BCUT2D eigenvalue weighted by Gasteiger charge is 2.39. The van der Waals surface area contributed by atoms with Crippen molar-refractivity contribution in [2.75, 3.05) is 0 Å². The molecule has 4 aromatic heterocycles. The standard InChI is InChI=1S/C49H31F6N9/c1-25-57-26(2)60-46(59-25)29-13-17-42-36(19-29)34-9-5-7-11-40(34)63(42)44-23-38(33-16-15-32(48(50,51)52)22-39(33)49(53,54)55)45(21-31(44)24-56)64-41-12-8-6-10-35(41)37-20-30(14-18-43(37)64)47-61-27(3)58-28(4)62-47/h5-23H,1-4H3. The Morgan fingerprint density at radius 2 is 0.922 bits per heavy atom. The van der Waals surface area contributed by atoms with E-state index in [0.29, 0.717) is 79.6 Å².